The molecule has 0 aromatic heterocycles. The van der Waals surface area contributed by atoms with Crippen molar-refractivity contribution in [3.63, 3.8) is 0 Å². The van der Waals surface area contributed by atoms with Crippen LogP contribution in [0.25, 0.3) is 0 Å². The molecule has 0 amide bonds. The van der Waals surface area contributed by atoms with Crippen LogP contribution < -0.4 is 0 Å². The van der Waals surface area contributed by atoms with Crippen LogP contribution in [-0.2, 0) is 0 Å². The predicted octanol–water partition coefficient (Wildman–Crippen LogP) is 4.23. The van der Waals surface area contributed by atoms with Gasteiger partial charge in [0.15, 0.2) is 0 Å². The minimum Gasteiger partial charge on any atom is -0.0649 e. The second-order valence-electron chi connectivity index (χ2n) is 5.02. The van der Waals surface area contributed by atoms with Crippen molar-refractivity contribution in [2.24, 2.45) is 11.3 Å². The van der Waals surface area contributed by atoms with E-state index >= 15 is 0 Å². The largest absolute Gasteiger partial charge is 0.0649 e. The average molecular weight is 188 g/mol. The zero-order valence-corrected chi connectivity index (χ0v) is 9.46. The summed E-state index contributed by atoms with van der Waals surface area (Å²) >= 11 is 0. The van der Waals surface area contributed by atoms with E-state index in [9.17, 15) is 0 Å². The maximum atomic E-state index is 2.43. The van der Waals surface area contributed by atoms with Gasteiger partial charge in [-0.25, -0.2) is 0 Å². The Hall–Kier alpha value is -0.780. The van der Waals surface area contributed by atoms with Crippen LogP contribution in [0.4, 0.5) is 0 Å². The minimum atomic E-state index is 0.634. The van der Waals surface area contributed by atoms with E-state index in [1.165, 1.54) is 18.4 Å². The number of benzene rings is 1. The van der Waals surface area contributed by atoms with Crippen molar-refractivity contribution in [2.45, 2.75) is 39.5 Å². The predicted molar refractivity (Wildman–Crippen MR) is 61.4 cm³/mol. The van der Waals surface area contributed by atoms with Gasteiger partial charge in [0.25, 0.3) is 0 Å². The molecule has 1 aromatic carbocycles. The van der Waals surface area contributed by atoms with Crippen molar-refractivity contribution >= 4 is 0 Å². The van der Waals surface area contributed by atoms with Crippen molar-refractivity contribution in [3.05, 3.63) is 35.9 Å². The van der Waals surface area contributed by atoms with Crippen LogP contribution in [0.1, 0.15) is 45.1 Å². The third kappa shape index (κ3) is 1.58. The molecule has 1 aliphatic rings. The third-order valence-corrected chi connectivity index (χ3v) is 4.16. The Morgan fingerprint density at radius 3 is 2.50 bits per heavy atom. The summed E-state index contributed by atoms with van der Waals surface area (Å²) in [5.41, 5.74) is 2.14. The van der Waals surface area contributed by atoms with Crippen molar-refractivity contribution in [1.29, 1.82) is 0 Å². The van der Waals surface area contributed by atoms with E-state index in [2.05, 4.69) is 51.1 Å². The first-order valence-electron chi connectivity index (χ1n) is 5.72. The number of hydrogen-bond donors (Lipinski definition) is 0. The first-order valence-corrected chi connectivity index (χ1v) is 5.72. The molecule has 0 heterocycles. The van der Waals surface area contributed by atoms with E-state index in [4.69, 9.17) is 0 Å². The summed E-state index contributed by atoms with van der Waals surface area (Å²) in [7, 11) is 0. The summed E-state index contributed by atoms with van der Waals surface area (Å²) in [6.07, 6.45) is 2.74. The van der Waals surface area contributed by atoms with Crippen LogP contribution in [0.5, 0.6) is 0 Å². The quantitative estimate of drug-likeness (QED) is 0.666. The van der Waals surface area contributed by atoms with Gasteiger partial charge in [-0.3, -0.25) is 0 Å². The van der Waals surface area contributed by atoms with Crippen LogP contribution in [0.3, 0.4) is 0 Å². The van der Waals surface area contributed by atoms with E-state index in [1.54, 1.807) is 0 Å². The molecule has 14 heavy (non-hydrogen) atoms. The Kier molecular flexibility index (Phi) is 2.38. The minimum absolute atomic E-state index is 0.634. The molecule has 0 saturated heterocycles. The lowest BCUT2D eigenvalue weighted by Gasteiger charge is -2.15. The molecule has 0 N–H and O–H groups in total. The van der Waals surface area contributed by atoms with Gasteiger partial charge in [-0.2, -0.15) is 0 Å². The Morgan fingerprint density at radius 2 is 2.00 bits per heavy atom. The molecule has 2 rings (SSSR count). The molecule has 0 unspecified atom stereocenters. The lowest BCUT2D eigenvalue weighted by Crippen LogP contribution is -2.03. The van der Waals surface area contributed by atoms with Gasteiger partial charge in [-0.05, 0) is 29.2 Å². The molecule has 1 aliphatic carbocycles. The maximum Gasteiger partial charge on any atom is -0.0157 e. The Balaban J connectivity index is 2.08. The average Bonchev–Trinajstić information content (AvgIpc) is 2.92. The normalized spacial score (nSPS) is 32.6. The second kappa shape index (κ2) is 3.42. The van der Waals surface area contributed by atoms with E-state index in [0.29, 0.717) is 5.41 Å². The highest BCUT2D eigenvalue weighted by molar-refractivity contribution is 5.23. The van der Waals surface area contributed by atoms with Crippen LogP contribution >= 0.6 is 0 Å². The fourth-order valence-corrected chi connectivity index (χ4v) is 2.62. The van der Waals surface area contributed by atoms with E-state index in [1.807, 2.05) is 0 Å². The highest BCUT2D eigenvalue weighted by Crippen LogP contribution is 2.60. The molecule has 0 nitrogen and oxygen atoms in total. The van der Waals surface area contributed by atoms with Crippen molar-refractivity contribution in [3.8, 4) is 0 Å². The van der Waals surface area contributed by atoms with Gasteiger partial charge in [-0.15, -0.1) is 0 Å². The third-order valence-electron chi connectivity index (χ3n) is 4.16. The van der Waals surface area contributed by atoms with Gasteiger partial charge in [0.2, 0.25) is 0 Å². The zero-order valence-electron chi connectivity index (χ0n) is 9.46. The van der Waals surface area contributed by atoms with Gasteiger partial charge < -0.3 is 0 Å². The Morgan fingerprint density at radius 1 is 1.36 bits per heavy atom. The number of rotatable bonds is 3. The van der Waals surface area contributed by atoms with Crippen molar-refractivity contribution in [1.82, 2.24) is 0 Å². The van der Waals surface area contributed by atoms with Crippen molar-refractivity contribution in [2.75, 3.05) is 0 Å². The van der Waals surface area contributed by atoms with Gasteiger partial charge in [0.1, 0.15) is 0 Å². The molecule has 3 atom stereocenters. The Bertz CT molecular complexity index is 301. The van der Waals surface area contributed by atoms with E-state index in [0.717, 1.165) is 11.8 Å². The van der Waals surface area contributed by atoms with Crippen LogP contribution in [-0.4, -0.2) is 0 Å². The molecule has 0 spiro atoms. The van der Waals surface area contributed by atoms with Gasteiger partial charge >= 0.3 is 0 Å². The van der Waals surface area contributed by atoms with Gasteiger partial charge in [-0.1, -0.05) is 57.5 Å². The van der Waals surface area contributed by atoms with Crippen LogP contribution in [0, 0.1) is 11.3 Å². The molecule has 0 radical (unpaired) electrons. The monoisotopic (exact) mass is 188 g/mol. The first-order chi connectivity index (χ1) is 6.67. The smallest absolute Gasteiger partial charge is 0.0157 e. The summed E-state index contributed by atoms with van der Waals surface area (Å²) in [6, 6.07) is 10.9. The molecule has 0 bridgehead atoms. The molecular formula is C14H20. The Labute approximate surface area is 87.3 Å². The molecule has 1 aromatic rings. The molecular weight excluding hydrogens is 168 g/mol. The van der Waals surface area contributed by atoms with E-state index in [-0.39, 0.29) is 0 Å². The summed E-state index contributed by atoms with van der Waals surface area (Å²) in [5.74, 6) is 1.65. The fraction of sp³-hybridized carbons (Fsp3) is 0.571. The highest BCUT2D eigenvalue weighted by atomic mass is 14.5. The molecule has 1 saturated carbocycles. The van der Waals surface area contributed by atoms with E-state index < -0.39 is 0 Å². The molecule has 1 fully saturated rings. The fourth-order valence-electron chi connectivity index (χ4n) is 2.62. The lowest BCUT2D eigenvalue weighted by molar-refractivity contribution is 0.449. The standard InChI is InChI=1S/C14H20/c1-4-14(3)10-13(14)11(2)12-8-6-5-7-9-12/h5-9,11,13H,4,10H2,1-3H3/t11-,13-,14-/m0/s1. The number of hydrogen-bond acceptors (Lipinski definition) is 0. The molecule has 0 heteroatoms. The highest BCUT2D eigenvalue weighted by Gasteiger charge is 2.50. The topological polar surface area (TPSA) is 0 Å². The molecule has 0 aliphatic heterocycles. The summed E-state index contributed by atoms with van der Waals surface area (Å²) in [4.78, 5) is 0. The first kappa shape index (κ1) is 9.76. The van der Waals surface area contributed by atoms with Gasteiger partial charge in [0.05, 0.1) is 0 Å². The van der Waals surface area contributed by atoms with Crippen molar-refractivity contribution < 1.29 is 0 Å². The SMILES string of the molecule is CC[C@@]1(C)C[C@H]1[C@@H](C)c1ccccc1. The summed E-state index contributed by atoms with van der Waals surface area (Å²) in [6.45, 7) is 7.12. The second-order valence-corrected chi connectivity index (χ2v) is 5.02. The van der Waals surface area contributed by atoms with Crippen LogP contribution in [0.15, 0.2) is 30.3 Å². The maximum absolute atomic E-state index is 2.43. The zero-order chi connectivity index (χ0) is 10.2. The molecule has 76 valence electrons. The summed E-state index contributed by atoms with van der Waals surface area (Å²) in [5, 5.41) is 0. The lowest BCUT2D eigenvalue weighted by atomic mass is 9.90. The summed E-state index contributed by atoms with van der Waals surface area (Å²) < 4.78 is 0. The van der Waals surface area contributed by atoms with Gasteiger partial charge in [0, 0.05) is 0 Å². The van der Waals surface area contributed by atoms with Crippen LogP contribution in [0.2, 0.25) is 0 Å².